The summed E-state index contributed by atoms with van der Waals surface area (Å²) >= 11 is 0. The molecule has 1 heterocycles. The van der Waals surface area contributed by atoms with E-state index in [0.29, 0.717) is 13.1 Å². The number of carbonyl (C=O) groups is 2. The highest BCUT2D eigenvalue weighted by atomic mass is 16.5. The zero-order valence-corrected chi connectivity index (χ0v) is 10.7. The summed E-state index contributed by atoms with van der Waals surface area (Å²) in [6.07, 6.45) is 0.804. The van der Waals surface area contributed by atoms with Crippen LogP contribution in [-0.2, 0) is 14.3 Å². The van der Waals surface area contributed by atoms with Crippen LogP contribution in [-0.4, -0.2) is 68.1 Å². The molecule has 1 atom stereocenters. The summed E-state index contributed by atoms with van der Waals surface area (Å²) in [4.78, 5) is 24.1. The molecule has 7 heteroatoms. The van der Waals surface area contributed by atoms with Crippen molar-refractivity contribution < 1.29 is 24.2 Å². The molecule has 1 fully saturated rings. The van der Waals surface area contributed by atoms with E-state index in [2.05, 4.69) is 5.32 Å². The maximum Gasteiger partial charge on any atom is 0.334 e. The summed E-state index contributed by atoms with van der Waals surface area (Å²) in [5.41, 5.74) is 0. The lowest BCUT2D eigenvalue weighted by Gasteiger charge is -2.31. The van der Waals surface area contributed by atoms with Gasteiger partial charge in [0.25, 0.3) is 0 Å². The average Bonchev–Trinajstić information content (AvgIpc) is 2.39. The van der Waals surface area contributed by atoms with Gasteiger partial charge in [0.2, 0.25) is 0 Å². The molecule has 1 aliphatic rings. The van der Waals surface area contributed by atoms with Crippen LogP contribution in [0.1, 0.15) is 12.8 Å². The smallest absolute Gasteiger partial charge is 0.334 e. The van der Waals surface area contributed by atoms with Crippen molar-refractivity contribution in [1.82, 2.24) is 10.2 Å². The molecular formula is C11H20N2O5. The summed E-state index contributed by atoms with van der Waals surface area (Å²) in [6, 6.07) is -0.257. The van der Waals surface area contributed by atoms with Gasteiger partial charge in [0.05, 0.1) is 12.6 Å². The number of carboxylic acids is 1. The highest BCUT2D eigenvalue weighted by Crippen LogP contribution is 2.12. The van der Waals surface area contributed by atoms with Gasteiger partial charge in [-0.05, 0) is 12.8 Å². The van der Waals surface area contributed by atoms with Gasteiger partial charge in [-0.15, -0.1) is 0 Å². The molecule has 1 unspecified atom stereocenters. The van der Waals surface area contributed by atoms with E-state index < -0.39 is 12.1 Å². The lowest BCUT2D eigenvalue weighted by Crippen LogP contribution is -2.48. The second kappa shape index (κ2) is 7.17. The van der Waals surface area contributed by atoms with Crippen LogP contribution in [0.5, 0.6) is 0 Å². The fraction of sp³-hybridized carbons (Fsp3) is 0.818. The molecule has 0 aromatic heterocycles. The van der Waals surface area contributed by atoms with Gasteiger partial charge in [-0.1, -0.05) is 0 Å². The summed E-state index contributed by atoms with van der Waals surface area (Å²) in [6.45, 7) is 1.21. The number of rotatable bonds is 5. The maximum absolute atomic E-state index is 11.8. The molecule has 2 amide bonds. The van der Waals surface area contributed by atoms with Crippen LogP contribution < -0.4 is 5.32 Å². The van der Waals surface area contributed by atoms with Gasteiger partial charge in [-0.25, -0.2) is 9.59 Å². The van der Waals surface area contributed by atoms with E-state index in [1.165, 1.54) is 7.11 Å². The fourth-order valence-electron chi connectivity index (χ4n) is 1.86. The Labute approximate surface area is 106 Å². The molecule has 0 aliphatic carbocycles. The number of urea groups is 1. The molecule has 7 nitrogen and oxygen atoms in total. The SMILES string of the molecule is COC1CCN(C(=O)NCC(OC)C(=O)O)CC1. The number of carboxylic acid groups (broad SMARTS) is 1. The van der Waals surface area contributed by atoms with Crippen molar-refractivity contribution in [2.24, 2.45) is 0 Å². The molecule has 2 N–H and O–H groups in total. The number of likely N-dealkylation sites (tertiary alicyclic amines) is 1. The standard InChI is InChI=1S/C11H20N2O5/c1-17-8-3-5-13(6-4-8)11(16)12-7-9(18-2)10(14)15/h8-9H,3-7H2,1-2H3,(H,12,16)(H,14,15). The van der Waals surface area contributed by atoms with Crippen LogP contribution in [0.4, 0.5) is 4.79 Å². The molecule has 1 saturated heterocycles. The van der Waals surface area contributed by atoms with Crippen molar-refractivity contribution in [3.63, 3.8) is 0 Å². The number of hydrogen-bond donors (Lipinski definition) is 2. The van der Waals surface area contributed by atoms with Crippen LogP contribution in [0.3, 0.4) is 0 Å². The predicted octanol–water partition coefficient (Wildman–Crippen LogP) is -0.0936. The van der Waals surface area contributed by atoms with Crippen molar-refractivity contribution in [3.8, 4) is 0 Å². The first-order chi connectivity index (χ1) is 8.58. The van der Waals surface area contributed by atoms with E-state index in [4.69, 9.17) is 14.6 Å². The monoisotopic (exact) mass is 260 g/mol. The van der Waals surface area contributed by atoms with Crippen LogP contribution in [0.2, 0.25) is 0 Å². The number of nitrogens with one attached hydrogen (secondary N) is 1. The van der Waals surface area contributed by atoms with Gasteiger partial charge in [0, 0.05) is 27.3 Å². The number of hydrogen-bond acceptors (Lipinski definition) is 4. The minimum absolute atomic E-state index is 0.0329. The maximum atomic E-state index is 11.8. The Morgan fingerprint density at radius 3 is 2.44 bits per heavy atom. The van der Waals surface area contributed by atoms with E-state index in [-0.39, 0.29) is 18.7 Å². The minimum atomic E-state index is -1.09. The zero-order chi connectivity index (χ0) is 13.5. The third-order valence-electron chi connectivity index (χ3n) is 3.06. The van der Waals surface area contributed by atoms with Crippen molar-refractivity contribution in [3.05, 3.63) is 0 Å². The summed E-state index contributed by atoms with van der Waals surface area (Å²) in [7, 11) is 2.96. The molecule has 18 heavy (non-hydrogen) atoms. The van der Waals surface area contributed by atoms with Gasteiger partial charge >= 0.3 is 12.0 Å². The van der Waals surface area contributed by atoms with E-state index in [0.717, 1.165) is 12.8 Å². The van der Waals surface area contributed by atoms with Crippen LogP contribution in [0, 0.1) is 0 Å². The Balaban J connectivity index is 2.31. The van der Waals surface area contributed by atoms with Crippen LogP contribution >= 0.6 is 0 Å². The number of aliphatic carboxylic acids is 1. The molecule has 0 aromatic carbocycles. The van der Waals surface area contributed by atoms with E-state index in [1.807, 2.05) is 0 Å². The molecular weight excluding hydrogens is 240 g/mol. The average molecular weight is 260 g/mol. The highest BCUT2D eigenvalue weighted by Gasteiger charge is 2.24. The van der Waals surface area contributed by atoms with Gasteiger partial charge < -0.3 is 24.8 Å². The number of methoxy groups -OCH3 is 2. The molecule has 0 aromatic rings. The number of ether oxygens (including phenoxy) is 2. The molecule has 0 saturated carbocycles. The zero-order valence-electron chi connectivity index (χ0n) is 10.7. The predicted molar refractivity (Wildman–Crippen MR) is 63.4 cm³/mol. The fourth-order valence-corrected chi connectivity index (χ4v) is 1.86. The Kier molecular flexibility index (Phi) is 5.87. The Morgan fingerprint density at radius 2 is 2.00 bits per heavy atom. The lowest BCUT2D eigenvalue weighted by molar-refractivity contribution is -0.148. The largest absolute Gasteiger partial charge is 0.479 e. The van der Waals surface area contributed by atoms with Gasteiger partial charge in [0.1, 0.15) is 0 Å². The van der Waals surface area contributed by atoms with Crippen molar-refractivity contribution >= 4 is 12.0 Å². The summed E-state index contributed by atoms with van der Waals surface area (Å²) in [5.74, 6) is -1.09. The number of piperidine rings is 1. The highest BCUT2D eigenvalue weighted by molar-refractivity contribution is 5.77. The topological polar surface area (TPSA) is 88.1 Å². The molecule has 0 bridgehead atoms. The molecule has 1 aliphatic heterocycles. The molecule has 0 spiro atoms. The summed E-state index contributed by atoms with van der Waals surface area (Å²) < 4.78 is 9.94. The quantitative estimate of drug-likeness (QED) is 0.721. The van der Waals surface area contributed by atoms with Gasteiger partial charge in [-0.3, -0.25) is 0 Å². The third kappa shape index (κ3) is 4.15. The van der Waals surface area contributed by atoms with E-state index in [9.17, 15) is 9.59 Å². The lowest BCUT2D eigenvalue weighted by atomic mass is 10.1. The Morgan fingerprint density at radius 1 is 1.39 bits per heavy atom. The second-order valence-corrected chi connectivity index (χ2v) is 4.17. The first-order valence-electron chi connectivity index (χ1n) is 5.89. The first kappa shape index (κ1) is 14.7. The minimum Gasteiger partial charge on any atom is -0.479 e. The van der Waals surface area contributed by atoms with Crippen molar-refractivity contribution in [2.45, 2.75) is 25.0 Å². The molecule has 1 rings (SSSR count). The molecule has 0 radical (unpaired) electrons. The Bertz CT molecular complexity index is 289. The first-order valence-corrected chi connectivity index (χ1v) is 5.89. The number of carbonyl (C=O) groups excluding carboxylic acids is 1. The Hall–Kier alpha value is -1.34. The van der Waals surface area contributed by atoms with Crippen molar-refractivity contribution in [2.75, 3.05) is 33.9 Å². The van der Waals surface area contributed by atoms with Crippen molar-refractivity contribution in [1.29, 1.82) is 0 Å². The third-order valence-corrected chi connectivity index (χ3v) is 3.06. The van der Waals surface area contributed by atoms with Gasteiger partial charge in [-0.2, -0.15) is 0 Å². The van der Waals surface area contributed by atoms with E-state index >= 15 is 0 Å². The molecule has 104 valence electrons. The normalized spacial score (nSPS) is 18.4. The van der Waals surface area contributed by atoms with Crippen LogP contribution in [0.25, 0.3) is 0 Å². The van der Waals surface area contributed by atoms with E-state index in [1.54, 1.807) is 12.0 Å². The number of amides is 2. The van der Waals surface area contributed by atoms with Gasteiger partial charge in [0.15, 0.2) is 6.10 Å². The summed E-state index contributed by atoms with van der Waals surface area (Å²) in [5, 5.41) is 11.3. The van der Waals surface area contributed by atoms with Crippen LogP contribution in [0.15, 0.2) is 0 Å². The number of nitrogens with zero attached hydrogens (tertiary/aromatic N) is 1. The second-order valence-electron chi connectivity index (χ2n) is 4.17.